The van der Waals surface area contributed by atoms with Crippen molar-refractivity contribution in [2.24, 2.45) is 10.8 Å². The molecule has 0 aromatic carbocycles. The molecule has 1 saturated carbocycles. The van der Waals surface area contributed by atoms with Crippen LogP contribution in [0.4, 0.5) is 26.3 Å². The largest absolute Gasteiger partial charge is 0.466 e. The molecular formula is C27H30Cl2F6N4O4. The fourth-order valence-corrected chi connectivity index (χ4v) is 5.51. The number of pyridine rings is 1. The number of nitrogens with zero attached hydrogens (tertiary/aromatic N) is 4. The van der Waals surface area contributed by atoms with Gasteiger partial charge in [-0.25, -0.2) is 0 Å². The van der Waals surface area contributed by atoms with Crippen molar-refractivity contribution in [3.05, 3.63) is 45.5 Å². The second-order valence-electron chi connectivity index (χ2n) is 11.3. The van der Waals surface area contributed by atoms with Crippen LogP contribution in [0.25, 0.3) is 0 Å². The Hall–Kier alpha value is -2.87. The van der Waals surface area contributed by atoms with Gasteiger partial charge in [0.1, 0.15) is 0 Å². The molecule has 0 aliphatic heterocycles. The molecule has 0 spiro atoms. The third-order valence-corrected chi connectivity index (χ3v) is 8.15. The zero-order valence-electron chi connectivity index (χ0n) is 23.7. The molecule has 1 aliphatic rings. The summed E-state index contributed by atoms with van der Waals surface area (Å²) in [6.07, 6.45) is -6.73. The van der Waals surface area contributed by atoms with Gasteiger partial charge in [-0.15, -0.1) is 0 Å². The van der Waals surface area contributed by atoms with E-state index in [1.165, 1.54) is 0 Å². The number of alkyl halides is 6. The maximum Gasteiger partial charge on any atom is 0.433 e. The Kier molecular flexibility index (Phi) is 10.2. The lowest BCUT2D eigenvalue weighted by Crippen LogP contribution is -2.48. The highest BCUT2D eigenvalue weighted by Gasteiger charge is 2.50. The first-order valence-corrected chi connectivity index (χ1v) is 14.0. The van der Waals surface area contributed by atoms with Crippen LogP contribution in [0.5, 0.6) is 0 Å². The molecule has 3 rings (SSSR count). The molecule has 0 bridgehead atoms. The highest BCUT2D eigenvalue weighted by molar-refractivity contribution is 6.39. The van der Waals surface area contributed by atoms with Crippen LogP contribution in [0.15, 0.2) is 18.6 Å². The Bertz CT molecular complexity index is 1350. The maximum atomic E-state index is 14.5. The van der Waals surface area contributed by atoms with Crippen molar-refractivity contribution in [2.45, 2.75) is 71.8 Å². The van der Waals surface area contributed by atoms with Crippen LogP contribution in [0.2, 0.25) is 10.0 Å². The number of hydrogen-bond donors (Lipinski definition) is 0. The Morgan fingerprint density at radius 3 is 2.09 bits per heavy atom. The molecule has 0 radical (unpaired) electrons. The standard InChI is InChI=1S/C27H30Cl2F6N4O4/c1-5-43-23(42)25(4)8-6-15(7-9-25)39-21(26(30,31)32)16(10-37-39)22(41)38(14-24(2,3)27(33,34)35)13-19(40)20-17(28)11-36-12-18(20)29/h10-12,15H,5-9,13-14H2,1-4H3. The van der Waals surface area contributed by atoms with Crippen molar-refractivity contribution >= 4 is 40.9 Å². The van der Waals surface area contributed by atoms with E-state index in [1.54, 1.807) is 13.8 Å². The Morgan fingerprint density at radius 1 is 1.05 bits per heavy atom. The van der Waals surface area contributed by atoms with Crippen LogP contribution >= 0.6 is 23.2 Å². The number of ether oxygens (including phenoxy) is 1. The quantitative estimate of drug-likeness (QED) is 0.161. The van der Waals surface area contributed by atoms with Gasteiger partial charge in [0.15, 0.2) is 11.5 Å². The minimum Gasteiger partial charge on any atom is -0.466 e. The summed E-state index contributed by atoms with van der Waals surface area (Å²) in [5.74, 6) is -2.96. The minimum atomic E-state index is -5.14. The molecule has 43 heavy (non-hydrogen) atoms. The smallest absolute Gasteiger partial charge is 0.433 e. The van der Waals surface area contributed by atoms with E-state index >= 15 is 0 Å². The van der Waals surface area contributed by atoms with Crippen molar-refractivity contribution in [3.63, 3.8) is 0 Å². The van der Waals surface area contributed by atoms with Gasteiger partial charge in [0.05, 0.1) is 57.4 Å². The van der Waals surface area contributed by atoms with E-state index in [1.807, 2.05) is 0 Å². The molecule has 2 aromatic heterocycles. The molecule has 2 aromatic rings. The van der Waals surface area contributed by atoms with E-state index in [2.05, 4.69) is 10.1 Å². The number of ketones is 1. The lowest BCUT2D eigenvalue weighted by Gasteiger charge is -2.36. The molecular weight excluding hydrogens is 629 g/mol. The van der Waals surface area contributed by atoms with Gasteiger partial charge in [-0.05, 0) is 53.4 Å². The summed E-state index contributed by atoms with van der Waals surface area (Å²) >= 11 is 12.0. The van der Waals surface area contributed by atoms with E-state index in [0.29, 0.717) is 15.8 Å². The SMILES string of the molecule is CCOC(=O)C1(C)CCC(n2ncc(C(=O)N(CC(=O)c3c(Cl)cncc3Cl)CC(C)(C)C(F)(F)F)c2C(F)(F)F)CC1. The number of Topliss-reactive ketones (excluding diaryl/α,β-unsaturated/α-hetero) is 1. The fraction of sp³-hybridized carbons (Fsp3) is 0.593. The maximum absolute atomic E-state index is 14.5. The first-order valence-electron chi connectivity index (χ1n) is 13.2. The summed E-state index contributed by atoms with van der Waals surface area (Å²) < 4.78 is 90.6. The molecule has 0 unspecified atom stereocenters. The number of carbonyl (C=O) groups is 3. The molecule has 1 amide bonds. The first kappa shape index (κ1) is 34.6. The van der Waals surface area contributed by atoms with Crippen LogP contribution in [0, 0.1) is 10.8 Å². The zero-order chi connectivity index (χ0) is 32.5. The summed E-state index contributed by atoms with van der Waals surface area (Å²) in [6, 6.07) is -0.864. The second kappa shape index (κ2) is 12.6. The number of amides is 1. The lowest BCUT2D eigenvalue weighted by molar-refractivity contribution is -0.214. The van der Waals surface area contributed by atoms with Crippen molar-refractivity contribution < 1.29 is 45.5 Å². The first-order chi connectivity index (χ1) is 19.7. The molecule has 16 heteroatoms. The number of rotatable bonds is 9. The third-order valence-electron chi connectivity index (χ3n) is 7.57. The summed E-state index contributed by atoms with van der Waals surface area (Å²) in [7, 11) is 0. The van der Waals surface area contributed by atoms with Crippen LogP contribution in [0.1, 0.15) is 85.8 Å². The number of aromatic nitrogens is 3. The highest BCUT2D eigenvalue weighted by atomic mass is 35.5. The summed E-state index contributed by atoms with van der Waals surface area (Å²) in [5, 5.41) is 3.32. The Labute approximate surface area is 253 Å². The average Bonchev–Trinajstić information content (AvgIpc) is 3.33. The van der Waals surface area contributed by atoms with E-state index in [4.69, 9.17) is 27.9 Å². The molecule has 8 nitrogen and oxygen atoms in total. The van der Waals surface area contributed by atoms with Crippen molar-refractivity contribution in [1.29, 1.82) is 0 Å². The zero-order valence-corrected chi connectivity index (χ0v) is 25.2. The molecule has 238 valence electrons. The molecule has 0 N–H and O–H groups in total. The van der Waals surface area contributed by atoms with Gasteiger partial charge >= 0.3 is 18.3 Å². The monoisotopic (exact) mass is 658 g/mol. The molecule has 1 aliphatic carbocycles. The molecule has 0 atom stereocenters. The van der Waals surface area contributed by atoms with Crippen molar-refractivity contribution in [2.75, 3.05) is 19.7 Å². The van der Waals surface area contributed by atoms with Crippen molar-refractivity contribution in [1.82, 2.24) is 19.7 Å². The van der Waals surface area contributed by atoms with E-state index in [9.17, 15) is 40.7 Å². The van der Waals surface area contributed by atoms with Crippen LogP contribution in [-0.2, 0) is 15.7 Å². The van der Waals surface area contributed by atoms with Gasteiger partial charge in [0.25, 0.3) is 5.91 Å². The lowest BCUT2D eigenvalue weighted by atomic mass is 9.74. The van der Waals surface area contributed by atoms with Crippen LogP contribution < -0.4 is 0 Å². The van der Waals surface area contributed by atoms with Gasteiger partial charge in [0.2, 0.25) is 0 Å². The number of halogens is 8. The number of hydrogen-bond acceptors (Lipinski definition) is 6. The molecule has 1 fully saturated rings. The summed E-state index contributed by atoms with van der Waals surface area (Å²) in [4.78, 5) is 43.2. The van der Waals surface area contributed by atoms with E-state index < -0.39 is 71.2 Å². The number of esters is 1. The van der Waals surface area contributed by atoms with Gasteiger partial charge in [-0.2, -0.15) is 31.4 Å². The summed E-state index contributed by atoms with van der Waals surface area (Å²) in [5.41, 5.74) is -6.37. The number of carbonyl (C=O) groups excluding carboxylic acids is 3. The average molecular weight is 659 g/mol. The van der Waals surface area contributed by atoms with Gasteiger partial charge < -0.3 is 9.64 Å². The van der Waals surface area contributed by atoms with Crippen LogP contribution in [-0.4, -0.2) is 63.2 Å². The van der Waals surface area contributed by atoms with Gasteiger partial charge in [0, 0.05) is 18.9 Å². The van der Waals surface area contributed by atoms with Crippen LogP contribution in [0.3, 0.4) is 0 Å². The second-order valence-corrected chi connectivity index (χ2v) is 12.1. The van der Waals surface area contributed by atoms with Gasteiger partial charge in [-0.1, -0.05) is 23.2 Å². The minimum absolute atomic E-state index is 0.0933. The Balaban J connectivity index is 2.02. The van der Waals surface area contributed by atoms with Crippen molar-refractivity contribution in [3.8, 4) is 0 Å². The highest BCUT2D eigenvalue weighted by Crippen LogP contribution is 2.44. The third kappa shape index (κ3) is 7.44. The predicted octanol–water partition coefficient (Wildman–Crippen LogP) is 7.20. The van der Waals surface area contributed by atoms with E-state index in [0.717, 1.165) is 26.2 Å². The molecule has 2 heterocycles. The predicted molar refractivity (Wildman–Crippen MR) is 144 cm³/mol. The Morgan fingerprint density at radius 2 is 1.60 bits per heavy atom. The fourth-order valence-electron chi connectivity index (χ4n) is 4.94. The summed E-state index contributed by atoms with van der Waals surface area (Å²) in [6.45, 7) is 2.71. The topological polar surface area (TPSA) is 94.4 Å². The van der Waals surface area contributed by atoms with Gasteiger partial charge in [-0.3, -0.25) is 24.0 Å². The normalized spacial score (nSPS) is 19.7. The van der Waals surface area contributed by atoms with E-state index in [-0.39, 0.29) is 47.9 Å². The molecule has 0 saturated heterocycles.